The van der Waals surface area contributed by atoms with Gasteiger partial charge in [0.1, 0.15) is 0 Å². The number of aryl methyl sites for hydroxylation is 1. The minimum Gasteiger partial charge on any atom is -0.312 e. The van der Waals surface area contributed by atoms with E-state index in [0.29, 0.717) is 5.92 Å². The molecule has 1 aliphatic carbocycles. The molecule has 0 unspecified atom stereocenters. The Labute approximate surface area is 117 Å². The Hall–Kier alpha value is -0.830. The van der Waals surface area contributed by atoms with E-state index in [9.17, 15) is 0 Å². The summed E-state index contributed by atoms with van der Waals surface area (Å²) in [6.45, 7) is 8.95. The molecule has 2 rings (SSSR count). The van der Waals surface area contributed by atoms with Crippen molar-refractivity contribution in [3.05, 3.63) is 17.5 Å². The highest BCUT2D eigenvalue weighted by Gasteiger charge is 2.18. The van der Waals surface area contributed by atoms with E-state index in [1.165, 1.54) is 43.5 Å². The zero-order valence-electron chi connectivity index (χ0n) is 12.9. The van der Waals surface area contributed by atoms with Gasteiger partial charge in [-0.15, -0.1) is 0 Å². The van der Waals surface area contributed by atoms with Crippen LogP contribution in [-0.4, -0.2) is 16.3 Å². The molecule has 0 saturated heterocycles. The van der Waals surface area contributed by atoms with E-state index in [2.05, 4.69) is 37.4 Å². The second-order valence-electron chi connectivity index (χ2n) is 6.62. The Morgan fingerprint density at radius 3 is 2.63 bits per heavy atom. The number of rotatable bonds is 5. The van der Waals surface area contributed by atoms with Gasteiger partial charge in [0.25, 0.3) is 0 Å². The van der Waals surface area contributed by atoms with E-state index in [1.807, 2.05) is 11.7 Å². The van der Waals surface area contributed by atoms with Gasteiger partial charge >= 0.3 is 0 Å². The highest BCUT2D eigenvalue weighted by molar-refractivity contribution is 5.19. The number of hydrogen-bond donors (Lipinski definition) is 1. The third kappa shape index (κ3) is 4.07. The standard InChI is InChI=1S/C16H29N3/c1-12(2)16-15(11-19(4)18-16)10-17-9-14-7-5-13(3)6-8-14/h11-14,17H,5-10H2,1-4H3. The molecule has 3 heteroatoms. The van der Waals surface area contributed by atoms with Crippen molar-refractivity contribution in [3.8, 4) is 0 Å². The lowest BCUT2D eigenvalue weighted by Crippen LogP contribution is -2.26. The first-order valence-corrected chi connectivity index (χ1v) is 7.79. The molecule has 1 saturated carbocycles. The molecule has 0 aromatic carbocycles. The smallest absolute Gasteiger partial charge is 0.0694 e. The minimum absolute atomic E-state index is 0.508. The molecule has 0 bridgehead atoms. The Bertz CT molecular complexity index is 387. The van der Waals surface area contributed by atoms with E-state index < -0.39 is 0 Å². The van der Waals surface area contributed by atoms with Crippen LogP contribution in [0.3, 0.4) is 0 Å². The first kappa shape index (κ1) is 14.6. The third-order valence-corrected chi connectivity index (χ3v) is 4.37. The van der Waals surface area contributed by atoms with Crippen LogP contribution < -0.4 is 5.32 Å². The molecular formula is C16H29N3. The minimum atomic E-state index is 0.508. The molecule has 0 atom stereocenters. The van der Waals surface area contributed by atoms with E-state index in [1.54, 1.807) is 0 Å². The maximum absolute atomic E-state index is 4.56. The summed E-state index contributed by atoms with van der Waals surface area (Å²) in [7, 11) is 2.01. The quantitative estimate of drug-likeness (QED) is 0.881. The molecule has 19 heavy (non-hydrogen) atoms. The lowest BCUT2D eigenvalue weighted by atomic mass is 9.83. The van der Waals surface area contributed by atoms with Gasteiger partial charge in [0.2, 0.25) is 0 Å². The Morgan fingerprint density at radius 2 is 2.00 bits per heavy atom. The van der Waals surface area contributed by atoms with E-state index in [4.69, 9.17) is 0 Å². The second-order valence-corrected chi connectivity index (χ2v) is 6.62. The average molecular weight is 263 g/mol. The summed E-state index contributed by atoms with van der Waals surface area (Å²) in [6.07, 6.45) is 7.79. The maximum atomic E-state index is 4.56. The number of hydrogen-bond acceptors (Lipinski definition) is 2. The Kier molecular flexibility index (Phi) is 5.03. The molecule has 0 aliphatic heterocycles. The average Bonchev–Trinajstić information content (AvgIpc) is 2.73. The van der Waals surface area contributed by atoms with Crippen LogP contribution in [0.25, 0.3) is 0 Å². The molecule has 108 valence electrons. The van der Waals surface area contributed by atoms with E-state index in [-0.39, 0.29) is 0 Å². The van der Waals surface area contributed by atoms with Crippen molar-refractivity contribution in [1.82, 2.24) is 15.1 Å². The van der Waals surface area contributed by atoms with Crippen molar-refractivity contribution in [2.24, 2.45) is 18.9 Å². The first-order chi connectivity index (χ1) is 9.06. The van der Waals surface area contributed by atoms with Crippen molar-refractivity contribution in [1.29, 1.82) is 0 Å². The zero-order chi connectivity index (χ0) is 13.8. The van der Waals surface area contributed by atoms with Crippen LogP contribution in [-0.2, 0) is 13.6 Å². The highest BCUT2D eigenvalue weighted by atomic mass is 15.3. The molecule has 0 spiro atoms. The fourth-order valence-corrected chi connectivity index (χ4v) is 3.12. The monoisotopic (exact) mass is 263 g/mol. The SMILES string of the molecule is CC1CCC(CNCc2cn(C)nc2C(C)C)CC1. The van der Waals surface area contributed by atoms with Crippen molar-refractivity contribution < 1.29 is 0 Å². The molecule has 1 aromatic rings. The summed E-state index contributed by atoms with van der Waals surface area (Å²) in [5.41, 5.74) is 2.61. The fraction of sp³-hybridized carbons (Fsp3) is 0.812. The molecule has 1 fully saturated rings. The maximum Gasteiger partial charge on any atom is 0.0694 e. The lowest BCUT2D eigenvalue weighted by molar-refractivity contribution is 0.281. The van der Waals surface area contributed by atoms with Gasteiger partial charge in [-0.25, -0.2) is 0 Å². The number of nitrogens with zero attached hydrogens (tertiary/aromatic N) is 2. The van der Waals surface area contributed by atoms with Gasteiger partial charge in [0, 0.05) is 25.4 Å². The van der Waals surface area contributed by atoms with Crippen LogP contribution >= 0.6 is 0 Å². The fourth-order valence-electron chi connectivity index (χ4n) is 3.12. The van der Waals surface area contributed by atoms with Crippen molar-refractivity contribution in [2.75, 3.05) is 6.54 Å². The van der Waals surface area contributed by atoms with Crippen LogP contribution in [0.2, 0.25) is 0 Å². The van der Waals surface area contributed by atoms with Crippen molar-refractivity contribution >= 4 is 0 Å². The molecule has 1 heterocycles. The zero-order valence-corrected chi connectivity index (χ0v) is 12.9. The molecule has 1 aliphatic rings. The van der Waals surface area contributed by atoms with Gasteiger partial charge in [-0.05, 0) is 37.1 Å². The van der Waals surface area contributed by atoms with E-state index in [0.717, 1.165) is 18.4 Å². The Balaban J connectivity index is 1.79. The summed E-state index contributed by atoms with van der Waals surface area (Å²) in [5, 5.41) is 8.20. The largest absolute Gasteiger partial charge is 0.312 e. The summed E-state index contributed by atoms with van der Waals surface area (Å²) < 4.78 is 1.94. The molecule has 1 aromatic heterocycles. The van der Waals surface area contributed by atoms with Gasteiger partial charge in [0.15, 0.2) is 0 Å². The van der Waals surface area contributed by atoms with Gasteiger partial charge in [-0.2, -0.15) is 5.10 Å². The van der Waals surface area contributed by atoms with Crippen LogP contribution in [0, 0.1) is 11.8 Å². The van der Waals surface area contributed by atoms with Gasteiger partial charge in [-0.3, -0.25) is 4.68 Å². The van der Waals surface area contributed by atoms with Crippen molar-refractivity contribution in [2.45, 2.75) is 58.9 Å². The predicted molar refractivity (Wildman–Crippen MR) is 80.1 cm³/mol. The molecule has 0 radical (unpaired) electrons. The van der Waals surface area contributed by atoms with Gasteiger partial charge < -0.3 is 5.32 Å². The molecular weight excluding hydrogens is 234 g/mol. The lowest BCUT2D eigenvalue weighted by Gasteiger charge is -2.26. The highest BCUT2D eigenvalue weighted by Crippen LogP contribution is 2.27. The van der Waals surface area contributed by atoms with Crippen LogP contribution in [0.1, 0.15) is 63.6 Å². The summed E-state index contributed by atoms with van der Waals surface area (Å²) in [6, 6.07) is 0. The topological polar surface area (TPSA) is 29.9 Å². The van der Waals surface area contributed by atoms with Crippen molar-refractivity contribution in [3.63, 3.8) is 0 Å². The predicted octanol–water partition coefficient (Wildman–Crippen LogP) is 3.46. The summed E-state index contributed by atoms with van der Waals surface area (Å²) >= 11 is 0. The first-order valence-electron chi connectivity index (χ1n) is 7.79. The van der Waals surface area contributed by atoms with Gasteiger partial charge in [0.05, 0.1) is 5.69 Å². The number of nitrogens with one attached hydrogen (secondary N) is 1. The van der Waals surface area contributed by atoms with Crippen LogP contribution in [0.5, 0.6) is 0 Å². The third-order valence-electron chi connectivity index (χ3n) is 4.37. The summed E-state index contributed by atoms with van der Waals surface area (Å²) in [4.78, 5) is 0. The number of aromatic nitrogens is 2. The van der Waals surface area contributed by atoms with Crippen LogP contribution in [0.15, 0.2) is 6.20 Å². The normalized spacial score (nSPS) is 24.1. The molecule has 0 amide bonds. The molecule has 3 nitrogen and oxygen atoms in total. The van der Waals surface area contributed by atoms with E-state index >= 15 is 0 Å². The summed E-state index contributed by atoms with van der Waals surface area (Å²) in [5.74, 6) is 2.34. The van der Waals surface area contributed by atoms with Gasteiger partial charge in [-0.1, -0.05) is 33.6 Å². The molecule has 1 N–H and O–H groups in total. The Morgan fingerprint density at radius 1 is 1.32 bits per heavy atom. The van der Waals surface area contributed by atoms with Crippen LogP contribution in [0.4, 0.5) is 0 Å². The second kappa shape index (κ2) is 6.56.